The summed E-state index contributed by atoms with van der Waals surface area (Å²) < 4.78 is 8.40. The molecule has 2 aromatic heterocycles. The molecular weight excluding hydrogens is 338 g/mol. The van der Waals surface area contributed by atoms with Crippen molar-refractivity contribution in [2.45, 2.75) is 51.3 Å². The van der Waals surface area contributed by atoms with E-state index in [2.05, 4.69) is 62.8 Å². The number of benzene rings is 1. The van der Waals surface area contributed by atoms with Crippen molar-refractivity contribution in [1.82, 2.24) is 19.7 Å². The summed E-state index contributed by atoms with van der Waals surface area (Å²) in [4.78, 5) is 6.99. The number of rotatable bonds is 3. The molecule has 1 spiro atoms. The topological polar surface area (TPSA) is 56.1 Å². The molecule has 0 amide bonds. The van der Waals surface area contributed by atoms with Crippen LogP contribution in [0.1, 0.15) is 33.1 Å². The second-order valence-corrected chi connectivity index (χ2v) is 7.77. The monoisotopic (exact) mass is 363 g/mol. The maximum atomic E-state index is 6.18. The average molecular weight is 363 g/mol. The van der Waals surface area contributed by atoms with Gasteiger partial charge < -0.3 is 9.64 Å². The largest absolute Gasteiger partial charge is 0.371 e. The van der Waals surface area contributed by atoms with Gasteiger partial charge in [0, 0.05) is 23.7 Å². The third kappa shape index (κ3) is 2.62. The number of anilines is 1. The highest BCUT2D eigenvalue weighted by atomic mass is 16.5. The summed E-state index contributed by atoms with van der Waals surface area (Å²) in [6.07, 6.45) is 5.40. The molecule has 1 unspecified atom stereocenters. The second kappa shape index (κ2) is 6.30. The molecule has 5 rings (SSSR count). The summed E-state index contributed by atoms with van der Waals surface area (Å²) in [5, 5.41) is 10.3. The summed E-state index contributed by atoms with van der Waals surface area (Å²) in [5.41, 5.74) is 2.03. The lowest BCUT2D eigenvalue weighted by Gasteiger charge is -2.50. The molecule has 3 heterocycles. The zero-order chi connectivity index (χ0) is 18.4. The maximum absolute atomic E-state index is 6.18. The summed E-state index contributed by atoms with van der Waals surface area (Å²) in [7, 11) is 0. The molecule has 0 N–H and O–H groups in total. The first-order chi connectivity index (χ1) is 13.2. The van der Waals surface area contributed by atoms with Gasteiger partial charge in [0.1, 0.15) is 0 Å². The van der Waals surface area contributed by atoms with Crippen LogP contribution in [0, 0.1) is 0 Å². The number of aromatic nitrogens is 4. The van der Waals surface area contributed by atoms with Crippen LogP contribution in [-0.4, -0.2) is 44.5 Å². The average Bonchev–Trinajstić information content (AvgIpc) is 3.10. The number of fused-ring (bicyclic) bond motifs is 1. The van der Waals surface area contributed by atoms with Gasteiger partial charge >= 0.3 is 0 Å². The van der Waals surface area contributed by atoms with Crippen LogP contribution in [0.15, 0.2) is 36.5 Å². The normalized spacial score (nSPS) is 21.6. The van der Waals surface area contributed by atoms with Gasteiger partial charge in [0.2, 0.25) is 5.95 Å². The fourth-order valence-electron chi connectivity index (χ4n) is 4.32. The highest BCUT2D eigenvalue weighted by molar-refractivity contribution is 5.91. The van der Waals surface area contributed by atoms with Crippen molar-refractivity contribution in [3.63, 3.8) is 0 Å². The van der Waals surface area contributed by atoms with Crippen LogP contribution < -0.4 is 4.90 Å². The van der Waals surface area contributed by atoms with Gasteiger partial charge in [-0.05, 0) is 45.2 Å². The van der Waals surface area contributed by atoms with E-state index in [9.17, 15) is 0 Å². The van der Waals surface area contributed by atoms with E-state index in [1.54, 1.807) is 0 Å². The minimum Gasteiger partial charge on any atom is -0.371 e. The van der Waals surface area contributed by atoms with Crippen molar-refractivity contribution in [2.24, 2.45) is 0 Å². The van der Waals surface area contributed by atoms with E-state index < -0.39 is 0 Å². The summed E-state index contributed by atoms with van der Waals surface area (Å²) in [6.45, 7) is 6.83. The Bertz CT molecular complexity index is 972. The van der Waals surface area contributed by atoms with E-state index in [1.807, 2.05) is 12.3 Å². The number of hydrogen-bond acceptors (Lipinski definition) is 5. The minimum absolute atomic E-state index is 0.0260. The highest BCUT2D eigenvalue weighted by Gasteiger charge is 2.45. The first-order valence-electron chi connectivity index (χ1n) is 9.89. The molecule has 3 aromatic rings. The highest BCUT2D eigenvalue weighted by Crippen LogP contribution is 2.41. The molecule has 1 saturated carbocycles. The summed E-state index contributed by atoms with van der Waals surface area (Å²) in [5.74, 6) is 1.83. The fourth-order valence-corrected chi connectivity index (χ4v) is 4.32. The number of para-hydroxylation sites is 1. The lowest BCUT2D eigenvalue weighted by molar-refractivity contribution is -0.117. The zero-order valence-corrected chi connectivity index (χ0v) is 15.9. The molecule has 6 nitrogen and oxygen atoms in total. The van der Waals surface area contributed by atoms with Gasteiger partial charge in [0.15, 0.2) is 5.82 Å². The van der Waals surface area contributed by atoms with E-state index in [0.717, 1.165) is 60.8 Å². The van der Waals surface area contributed by atoms with Crippen LogP contribution in [0.5, 0.6) is 0 Å². The minimum atomic E-state index is 0.0260. The molecule has 0 radical (unpaired) electrons. The van der Waals surface area contributed by atoms with Gasteiger partial charge in [-0.2, -0.15) is 0 Å². The van der Waals surface area contributed by atoms with Crippen molar-refractivity contribution in [3.8, 4) is 11.4 Å². The van der Waals surface area contributed by atoms with E-state index in [4.69, 9.17) is 4.74 Å². The van der Waals surface area contributed by atoms with Gasteiger partial charge in [-0.3, -0.25) is 9.55 Å². The van der Waals surface area contributed by atoms with Crippen molar-refractivity contribution in [1.29, 1.82) is 0 Å². The Morgan fingerprint density at radius 1 is 1.19 bits per heavy atom. The van der Waals surface area contributed by atoms with Crippen LogP contribution in [0.3, 0.4) is 0 Å². The predicted octanol–water partition coefficient (Wildman–Crippen LogP) is 3.66. The molecule has 1 aliphatic heterocycles. The zero-order valence-electron chi connectivity index (χ0n) is 15.9. The number of ether oxygens (including phenoxy) is 1. The van der Waals surface area contributed by atoms with Gasteiger partial charge in [0.25, 0.3) is 0 Å². The number of morpholine rings is 1. The Morgan fingerprint density at radius 3 is 2.81 bits per heavy atom. The molecule has 1 atom stereocenters. The van der Waals surface area contributed by atoms with Crippen LogP contribution >= 0.6 is 0 Å². The van der Waals surface area contributed by atoms with E-state index in [1.165, 1.54) is 6.42 Å². The van der Waals surface area contributed by atoms with E-state index >= 15 is 0 Å². The molecule has 1 saturated heterocycles. The molecular formula is C21H25N5O. The number of nitrogens with zero attached hydrogens (tertiary/aromatic N) is 5. The molecule has 1 aliphatic carbocycles. The van der Waals surface area contributed by atoms with Gasteiger partial charge in [-0.15, -0.1) is 10.2 Å². The summed E-state index contributed by atoms with van der Waals surface area (Å²) in [6, 6.07) is 10.6. The molecule has 0 bridgehead atoms. The third-order valence-corrected chi connectivity index (χ3v) is 6.06. The van der Waals surface area contributed by atoms with Crippen LogP contribution in [0.2, 0.25) is 0 Å². The Labute approximate surface area is 159 Å². The smallest absolute Gasteiger partial charge is 0.227 e. The second-order valence-electron chi connectivity index (χ2n) is 7.77. The van der Waals surface area contributed by atoms with Crippen LogP contribution in [0.4, 0.5) is 5.95 Å². The van der Waals surface area contributed by atoms with E-state index in [-0.39, 0.29) is 5.60 Å². The Morgan fingerprint density at radius 2 is 2.04 bits per heavy atom. The van der Waals surface area contributed by atoms with Gasteiger partial charge in [-0.25, -0.2) is 0 Å². The van der Waals surface area contributed by atoms with E-state index in [0.29, 0.717) is 6.04 Å². The van der Waals surface area contributed by atoms with Crippen molar-refractivity contribution in [2.75, 3.05) is 18.1 Å². The van der Waals surface area contributed by atoms with Gasteiger partial charge in [-0.1, -0.05) is 18.2 Å². The molecule has 140 valence electrons. The molecule has 1 aromatic carbocycles. The molecule has 2 aliphatic rings. The fraction of sp³-hybridized carbons (Fsp3) is 0.476. The van der Waals surface area contributed by atoms with Gasteiger partial charge in [0.05, 0.1) is 30.3 Å². The Kier molecular flexibility index (Phi) is 3.90. The number of pyridine rings is 1. The van der Waals surface area contributed by atoms with Crippen LogP contribution in [-0.2, 0) is 11.3 Å². The lowest BCUT2D eigenvalue weighted by atomic mass is 9.78. The lowest BCUT2D eigenvalue weighted by Crippen LogP contribution is -2.59. The predicted molar refractivity (Wildman–Crippen MR) is 106 cm³/mol. The van der Waals surface area contributed by atoms with Crippen molar-refractivity contribution < 1.29 is 4.74 Å². The standard InChI is InChI=1S/C21H25N5O/c1-3-25-19(17-9-4-7-16-8-5-12-22-18(16)17)23-24-20(25)26-14-21(10-6-11-21)27-13-15(26)2/h4-5,7-9,12,15H,3,6,10-11,13-14H2,1-2H3. The Hall–Kier alpha value is -2.47. The third-order valence-electron chi connectivity index (χ3n) is 6.06. The SMILES string of the molecule is CCn1c(-c2cccc3cccnc23)nnc1N1CC2(CCC2)OCC1C. The Balaban J connectivity index is 1.59. The molecule has 6 heteroatoms. The molecule has 2 fully saturated rings. The van der Waals surface area contributed by atoms with Crippen molar-refractivity contribution >= 4 is 16.9 Å². The van der Waals surface area contributed by atoms with Crippen molar-refractivity contribution in [3.05, 3.63) is 36.5 Å². The molecule has 27 heavy (non-hydrogen) atoms. The first-order valence-corrected chi connectivity index (χ1v) is 9.89. The summed E-state index contributed by atoms with van der Waals surface area (Å²) >= 11 is 0. The number of hydrogen-bond donors (Lipinski definition) is 0. The van der Waals surface area contributed by atoms with Crippen LogP contribution in [0.25, 0.3) is 22.3 Å². The quantitative estimate of drug-likeness (QED) is 0.711. The maximum Gasteiger partial charge on any atom is 0.227 e. The first kappa shape index (κ1) is 16.7.